The number of amides is 1. The fourth-order valence-corrected chi connectivity index (χ4v) is 4.44. The number of fused-ring (bicyclic) bond motifs is 1. The monoisotopic (exact) mass is 424 g/mol. The highest BCUT2D eigenvalue weighted by Gasteiger charge is 2.25. The van der Waals surface area contributed by atoms with Gasteiger partial charge in [-0.1, -0.05) is 11.6 Å². The molecule has 0 aromatic heterocycles. The Balaban J connectivity index is 1.90. The number of aryl methyl sites for hydroxylation is 1. The first-order chi connectivity index (χ1) is 13.2. The summed E-state index contributed by atoms with van der Waals surface area (Å²) < 4.78 is 35.8. The molecule has 2 aromatic carbocycles. The van der Waals surface area contributed by atoms with Gasteiger partial charge in [-0.15, -0.1) is 0 Å². The van der Waals surface area contributed by atoms with Gasteiger partial charge in [0.1, 0.15) is 11.5 Å². The van der Waals surface area contributed by atoms with Crippen LogP contribution in [-0.4, -0.2) is 41.3 Å². The predicted octanol–water partition coefficient (Wildman–Crippen LogP) is 3.32. The Bertz CT molecular complexity index is 1020. The summed E-state index contributed by atoms with van der Waals surface area (Å²) in [6.45, 7) is 0.443. The number of carbonyl (C=O) groups is 1. The largest absolute Gasteiger partial charge is 0.495 e. The molecule has 1 amide bonds. The van der Waals surface area contributed by atoms with Crippen LogP contribution in [0.15, 0.2) is 30.3 Å². The molecule has 0 radical (unpaired) electrons. The van der Waals surface area contributed by atoms with Crippen LogP contribution in [0.5, 0.6) is 11.5 Å². The lowest BCUT2D eigenvalue weighted by Gasteiger charge is -2.29. The molecule has 1 heterocycles. The Labute approximate surface area is 169 Å². The molecule has 9 heteroatoms. The van der Waals surface area contributed by atoms with E-state index in [4.69, 9.17) is 21.1 Å². The molecule has 0 bridgehead atoms. The standard InChI is InChI=1S/C19H21ClN2O5S/c1-26-17-11-18(27-2)15(10-14(17)20)21-19(23)13-6-7-16-12(9-13)5-4-8-22(16)28(3,24)25/h6-7,9-11H,4-5,8H2,1-3H3,(H,21,23). The predicted molar refractivity (Wildman–Crippen MR) is 109 cm³/mol. The third kappa shape index (κ3) is 4.02. The van der Waals surface area contributed by atoms with Gasteiger partial charge < -0.3 is 14.8 Å². The van der Waals surface area contributed by atoms with Crippen LogP contribution in [0.25, 0.3) is 0 Å². The van der Waals surface area contributed by atoms with E-state index in [1.807, 2.05) is 0 Å². The van der Waals surface area contributed by atoms with E-state index in [2.05, 4.69) is 5.32 Å². The molecule has 0 spiro atoms. The minimum absolute atomic E-state index is 0.341. The zero-order valence-corrected chi connectivity index (χ0v) is 17.4. The third-order valence-corrected chi connectivity index (χ3v) is 6.02. The molecule has 150 valence electrons. The molecule has 1 aliphatic heterocycles. The van der Waals surface area contributed by atoms with E-state index in [1.165, 1.54) is 24.8 Å². The van der Waals surface area contributed by atoms with Crippen LogP contribution >= 0.6 is 11.6 Å². The number of hydrogen-bond donors (Lipinski definition) is 1. The number of rotatable bonds is 5. The van der Waals surface area contributed by atoms with Crippen molar-refractivity contribution in [3.63, 3.8) is 0 Å². The van der Waals surface area contributed by atoms with Gasteiger partial charge in [0, 0.05) is 18.2 Å². The fourth-order valence-electron chi connectivity index (χ4n) is 3.20. The number of methoxy groups -OCH3 is 2. The van der Waals surface area contributed by atoms with Gasteiger partial charge in [0.05, 0.1) is 36.9 Å². The van der Waals surface area contributed by atoms with E-state index >= 15 is 0 Å². The molecule has 0 saturated carbocycles. The van der Waals surface area contributed by atoms with Gasteiger partial charge in [-0.2, -0.15) is 0 Å². The quantitative estimate of drug-likeness (QED) is 0.795. The first kappa shape index (κ1) is 20.3. The summed E-state index contributed by atoms with van der Waals surface area (Å²) in [6.07, 6.45) is 2.59. The number of halogens is 1. The molecule has 2 aromatic rings. The van der Waals surface area contributed by atoms with Crippen molar-refractivity contribution >= 4 is 38.9 Å². The smallest absolute Gasteiger partial charge is 0.255 e. The Morgan fingerprint density at radius 2 is 1.86 bits per heavy atom. The highest BCUT2D eigenvalue weighted by Crippen LogP contribution is 2.36. The van der Waals surface area contributed by atoms with Crippen molar-refractivity contribution in [2.45, 2.75) is 12.8 Å². The molecule has 3 rings (SSSR count). The van der Waals surface area contributed by atoms with Crippen molar-refractivity contribution in [1.82, 2.24) is 0 Å². The molecule has 7 nitrogen and oxygen atoms in total. The lowest BCUT2D eigenvalue weighted by atomic mass is 10.0. The van der Waals surface area contributed by atoms with E-state index in [0.29, 0.717) is 52.8 Å². The molecule has 1 N–H and O–H groups in total. The lowest BCUT2D eigenvalue weighted by Crippen LogP contribution is -2.34. The fraction of sp³-hybridized carbons (Fsp3) is 0.316. The van der Waals surface area contributed by atoms with Crippen LogP contribution in [0.2, 0.25) is 5.02 Å². The third-order valence-electron chi connectivity index (χ3n) is 4.54. The molecule has 0 aliphatic carbocycles. The van der Waals surface area contributed by atoms with Gasteiger partial charge in [0.25, 0.3) is 5.91 Å². The van der Waals surface area contributed by atoms with Crippen molar-refractivity contribution < 1.29 is 22.7 Å². The Morgan fingerprint density at radius 3 is 2.50 bits per heavy atom. The van der Waals surface area contributed by atoms with Crippen LogP contribution < -0.4 is 19.1 Å². The summed E-state index contributed by atoms with van der Waals surface area (Å²) in [4.78, 5) is 12.7. The molecule has 28 heavy (non-hydrogen) atoms. The minimum Gasteiger partial charge on any atom is -0.495 e. The summed E-state index contributed by atoms with van der Waals surface area (Å²) >= 11 is 6.15. The lowest BCUT2D eigenvalue weighted by molar-refractivity contribution is 0.102. The van der Waals surface area contributed by atoms with Gasteiger partial charge >= 0.3 is 0 Å². The van der Waals surface area contributed by atoms with E-state index in [1.54, 1.807) is 30.3 Å². The van der Waals surface area contributed by atoms with Gasteiger partial charge in [-0.3, -0.25) is 9.10 Å². The van der Waals surface area contributed by atoms with Crippen LogP contribution in [0, 0.1) is 0 Å². The number of sulfonamides is 1. The highest BCUT2D eigenvalue weighted by atomic mass is 35.5. The Kier molecular flexibility index (Phi) is 5.71. The van der Waals surface area contributed by atoms with Crippen molar-refractivity contribution in [1.29, 1.82) is 0 Å². The number of nitrogens with one attached hydrogen (secondary N) is 1. The maximum atomic E-state index is 12.7. The highest BCUT2D eigenvalue weighted by molar-refractivity contribution is 7.92. The minimum atomic E-state index is -3.35. The van der Waals surface area contributed by atoms with Crippen molar-refractivity contribution in [3.8, 4) is 11.5 Å². The Morgan fingerprint density at radius 1 is 1.14 bits per heavy atom. The first-order valence-electron chi connectivity index (χ1n) is 8.58. The molecule has 0 saturated heterocycles. The second kappa shape index (κ2) is 7.89. The summed E-state index contributed by atoms with van der Waals surface area (Å²) in [7, 11) is -0.377. The van der Waals surface area contributed by atoms with Crippen LogP contribution in [0.3, 0.4) is 0 Å². The number of benzene rings is 2. The SMILES string of the molecule is COc1cc(OC)c(NC(=O)c2ccc3c(c2)CCCN3S(C)(=O)=O)cc1Cl. The van der Waals surface area contributed by atoms with Crippen molar-refractivity contribution in [2.24, 2.45) is 0 Å². The number of carbonyl (C=O) groups excluding carboxylic acids is 1. The average molecular weight is 425 g/mol. The second-order valence-corrected chi connectivity index (χ2v) is 8.74. The number of ether oxygens (including phenoxy) is 2. The van der Waals surface area contributed by atoms with Gasteiger partial charge in [-0.05, 0) is 42.7 Å². The van der Waals surface area contributed by atoms with Crippen LogP contribution in [-0.2, 0) is 16.4 Å². The molecular weight excluding hydrogens is 404 g/mol. The maximum Gasteiger partial charge on any atom is 0.255 e. The number of anilines is 2. The molecule has 0 fully saturated rings. The summed E-state index contributed by atoms with van der Waals surface area (Å²) in [5.41, 5.74) is 2.27. The maximum absolute atomic E-state index is 12.7. The Hall–Kier alpha value is -2.45. The molecule has 0 atom stereocenters. The van der Waals surface area contributed by atoms with E-state index in [9.17, 15) is 13.2 Å². The summed E-state index contributed by atoms with van der Waals surface area (Å²) in [6, 6.07) is 8.15. The molecular formula is C19H21ClN2O5S. The van der Waals surface area contributed by atoms with Gasteiger partial charge in [0.15, 0.2) is 0 Å². The average Bonchev–Trinajstić information content (AvgIpc) is 2.66. The summed E-state index contributed by atoms with van der Waals surface area (Å²) in [5.74, 6) is 0.501. The topological polar surface area (TPSA) is 84.9 Å². The van der Waals surface area contributed by atoms with Crippen LogP contribution in [0.4, 0.5) is 11.4 Å². The second-order valence-electron chi connectivity index (χ2n) is 6.42. The van der Waals surface area contributed by atoms with E-state index in [-0.39, 0.29) is 5.91 Å². The number of hydrogen-bond acceptors (Lipinski definition) is 5. The van der Waals surface area contributed by atoms with Gasteiger partial charge in [0.2, 0.25) is 10.0 Å². The van der Waals surface area contributed by atoms with E-state index in [0.717, 1.165) is 5.56 Å². The summed E-state index contributed by atoms with van der Waals surface area (Å²) in [5, 5.41) is 3.12. The zero-order chi connectivity index (χ0) is 20.5. The zero-order valence-electron chi connectivity index (χ0n) is 15.8. The number of nitrogens with zero attached hydrogens (tertiary/aromatic N) is 1. The van der Waals surface area contributed by atoms with Crippen molar-refractivity contribution in [2.75, 3.05) is 36.6 Å². The first-order valence-corrected chi connectivity index (χ1v) is 10.8. The molecule has 0 unspecified atom stereocenters. The van der Waals surface area contributed by atoms with Gasteiger partial charge in [-0.25, -0.2) is 8.42 Å². The normalized spacial score (nSPS) is 13.6. The van der Waals surface area contributed by atoms with Crippen LogP contribution in [0.1, 0.15) is 22.3 Å². The molecule has 1 aliphatic rings. The van der Waals surface area contributed by atoms with Crippen molar-refractivity contribution in [3.05, 3.63) is 46.5 Å². The van der Waals surface area contributed by atoms with E-state index < -0.39 is 10.0 Å².